The second-order valence-electron chi connectivity index (χ2n) is 9.64. The third kappa shape index (κ3) is 15.6. The Morgan fingerprint density at radius 2 is 1.12 bits per heavy atom. The minimum absolute atomic E-state index is 0.0304. The first-order valence-corrected chi connectivity index (χ1v) is 13.7. The van der Waals surface area contributed by atoms with Gasteiger partial charge in [0.25, 0.3) is 0 Å². The number of anilines is 1. The summed E-state index contributed by atoms with van der Waals surface area (Å²) in [6, 6.07) is 4.82. The Bertz CT molecular complexity index is 656. The van der Waals surface area contributed by atoms with Crippen LogP contribution in [0.2, 0.25) is 0 Å². The average molecular weight is 460 g/mol. The summed E-state index contributed by atoms with van der Waals surface area (Å²) in [5.41, 5.74) is 1.68. The Balaban J connectivity index is 1.89. The molecule has 188 valence electrons. The summed E-state index contributed by atoms with van der Waals surface area (Å²) in [5.74, 6) is -1.01. The summed E-state index contributed by atoms with van der Waals surface area (Å²) >= 11 is 0. The van der Waals surface area contributed by atoms with Gasteiger partial charge in [-0.2, -0.15) is 0 Å². The molecule has 0 heterocycles. The monoisotopic (exact) mass is 459 g/mol. The van der Waals surface area contributed by atoms with Crippen molar-refractivity contribution < 1.29 is 14.7 Å². The third-order valence-corrected chi connectivity index (χ3v) is 6.52. The highest BCUT2D eigenvalue weighted by molar-refractivity contribution is 5.94. The maximum absolute atomic E-state index is 12.2. The lowest BCUT2D eigenvalue weighted by Crippen LogP contribution is -2.12. The van der Waals surface area contributed by atoms with E-state index in [0.29, 0.717) is 12.1 Å². The molecule has 0 aliphatic carbocycles. The van der Waals surface area contributed by atoms with Gasteiger partial charge in [-0.3, -0.25) is 4.79 Å². The van der Waals surface area contributed by atoms with Gasteiger partial charge in [0.05, 0.1) is 5.56 Å². The molecule has 1 amide bonds. The van der Waals surface area contributed by atoms with Gasteiger partial charge in [0.1, 0.15) is 0 Å². The molecule has 0 bridgehead atoms. The summed E-state index contributed by atoms with van der Waals surface area (Å²) in [5, 5.41) is 12.0. The number of aromatic carboxylic acids is 1. The zero-order chi connectivity index (χ0) is 24.2. The Morgan fingerprint density at radius 3 is 1.55 bits per heavy atom. The van der Waals surface area contributed by atoms with E-state index in [2.05, 4.69) is 12.2 Å². The molecule has 0 aliphatic rings. The number of carbonyl (C=O) groups is 2. The number of unbranched alkanes of at least 4 members (excludes halogenated alkanes) is 17. The largest absolute Gasteiger partial charge is 0.478 e. The van der Waals surface area contributed by atoms with Crippen molar-refractivity contribution in [1.29, 1.82) is 0 Å². The zero-order valence-corrected chi connectivity index (χ0v) is 21.4. The van der Waals surface area contributed by atoms with Crippen LogP contribution in [0.3, 0.4) is 0 Å². The van der Waals surface area contributed by atoms with Crippen molar-refractivity contribution in [3.8, 4) is 0 Å². The number of amides is 1. The van der Waals surface area contributed by atoms with Gasteiger partial charge in [-0.15, -0.1) is 0 Å². The average Bonchev–Trinajstić information content (AvgIpc) is 2.79. The quantitative estimate of drug-likeness (QED) is 0.180. The predicted molar refractivity (Wildman–Crippen MR) is 140 cm³/mol. The van der Waals surface area contributed by atoms with Crippen molar-refractivity contribution in [3.05, 3.63) is 29.3 Å². The Hall–Kier alpha value is -1.84. The highest BCUT2D eigenvalue weighted by Gasteiger charge is 2.09. The molecule has 0 fully saturated rings. The number of hydrogen-bond acceptors (Lipinski definition) is 2. The second kappa shape index (κ2) is 19.6. The highest BCUT2D eigenvalue weighted by Crippen LogP contribution is 2.18. The predicted octanol–water partition coefficient (Wildman–Crippen LogP) is 9.06. The van der Waals surface area contributed by atoms with E-state index >= 15 is 0 Å². The lowest BCUT2D eigenvalue weighted by atomic mass is 10.0. The van der Waals surface area contributed by atoms with Gasteiger partial charge in [-0.05, 0) is 31.0 Å². The van der Waals surface area contributed by atoms with E-state index in [1.807, 2.05) is 6.92 Å². The van der Waals surface area contributed by atoms with E-state index in [-0.39, 0.29) is 11.5 Å². The zero-order valence-electron chi connectivity index (χ0n) is 21.4. The Morgan fingerprint density at radius 1 is 0.697 bits per heavy atom. The minimum Gasteiger partial charge on any atom is -0.478 e. The number of carboxylic acid groups (broad SMARTS) is 1. The van der Waals surface area contributed by atoms with Crippen molar-refractivity contribution in [3.63, 3.8) is 0 Å². The molecule has 1 rings (SSSR count). The third-order valence-electron chi connectivity index (χ3n) is 6.52. The van der Waals surface area contributed by atoms with E-state index in [1.165, 1.54) is 109 Å². The molecule has 4 nitrogen and oxygen atoms in total. The molecular weight excluding hydrogens is 410 g/mol. The van der Waals surface area contributed by atoms with Crippen molar-refractivity contribution in [1.82, 2.24) is 0 Å². The molecule has 4 heteroatoms. The van der Waals surface area contributed by atoms with Crippen LogP contribution < -0.4 is 5.32 Å². The maximum Gasteiger partial charge on any atom is 0.335 e. The molecular formula is C29H49NO3. The Kier molecular flexibility index (Phi) is 17.4. The lowest BCUT2D eigenvalue weighted by molar-refractivity contribution is -0.116. The van der Waals surface area contributed by atoms with Crippen LogP contribution in [0.1, 0.15) is 145 Å². The number of rotatable bonds is 21. The number of benzene rings is 1. The van der Waals surface area contributed by atoms with E-state index < -0.39 is 5.97 Å². The molecule has 1 aromatic rings. The standard InChI is InChI=1S/C29H49NO3/c1-3-4-5-6-7-8-9-10-11-12-13-14-15-16-17-18-19-20-21-28(31)30-27-24-26(29(32)33)23-22-25(27)2/h22-24H,3-21H2,1-2H3,(H,30,31)(H,32,33). The van der Waals surface area contributed by atoms with E-state index in [9.17, 15) is 9.59 Å². The van der Waals surface area contributed by atoms with Crippen LogP contribution in [0.5, 0.6) is 0 Å². The first kappa shape index (κ1) is 29.2. The fraction of sp³-hybridized carbons (Fsp3) is 0.724. The molecule has 0 saturated heterocycles. The first-order chi connectivity index (χ1) is 16.0. The van der Waals surface area contributed by atoms with Crippen molar-refractivity contribution in [2.24, 2.45) is 0 Å². The van der Waals surface area contributed by atoms with Crippen LogP contribution >= 0.6 is 0 Å². The maximum atomic E-state index is 12.2. The van der Waals surface area contributed by atoms with Crippen molar-refractivity contribution >= 4 is 17.6 Å². The minimum atomic E-state index is -0.978. The molecule has 33 heavy (non-hydrogen) atoms. The van der Waals surface area contributed by atoms with Gasteiger partial charge in [-0.25, -0.2) is 4.79 Å². The number of hydrogen-bond donors (Lipinski definition) is 2. The van der Waals surface area contributed by atoms with Crippen LogP contribution in [0.15, 0.2) is 18.2 Å². The van der Waals surface area contributed by atoms with Gasteiger partial charge in [0, 0.05) is 12.1 Å². The number of carboxylic acids is 1. The molecule has 0 spiro atoms. The van der Waals surface area contributed by atoms with Crippen LogP contribution in [0.25, 0.3) is 0 Å². The van der Waals surface area contributed by atoms with Crippen molar-refractivity contribution in [2.75, 3.05) is 5.32 Å². The smallest absolute Gasteiger partial charge is 0.335 e. The lowest BCUT2D eigenvalue weighted by Gasteiger charge is -2.09. The fourth-order valence-electron chi connectivity index (χ4n) is 4.29. The van der Waals surface area contributed by atoms with Crippen LogP contribution in [-0.2, 0) is 4.79 Å². The van der Waals surface area contributed by atoms with E-state index in [4.69, 9.17) is 5.11 Å². The Labute approximate surface area is 202 Å². The summed E-state index contributed by atoms with van der Waals surface area (Å²) in [7, 11) is 0. The van der Waals surface area contributed by atoms with Crippen LogP contribution in [0.4, 0.5) is 5.69 Å². The molecule has 0 saturated carbocycles. The fourth-order valence-corrected chi connectivity index (χ4v) is 4.29. The molecule has 2 N–H and O–H groups in total. The second-order valence-corrected chi connectivity index (χ2v) is 9.64. The van der Waals surface area contributed by atoms with Gasteiger partial charge in [0.15, 0.2) is 0 Å². The van der Waals surface area contributed by atoms with Crippen molar-refractivity contribution in [2.45, 2.75) is 136 Å². The van der Waals surface area contributed by atoms with Gasteiger partial charge < -0.3 is 10.4 Å². The summed E-state index contributed by atoms with van der Waals surface area (Å²) in [4.78, 5) is 23.3. The topological polar surface area (TPSA) is 66.4 Å². The van der Waals surface area contributed by atoms with E-state index in [0.717, 1.165) is 18.4 Å². The highest BCUT2D eigenvalue weighted by atomic mass is 16.4. The number of nitrogens with one attached hydrogen (secondary N) is 1. The van der Waals surface area contributed by atoms with E-state index in [1.54, 1.807) is 12.1 Å². The summed E-state index contributed by atoms with van der Waals surface area (Å²) in [6.07, 6.45) is 24.5. The number of aryl methyl sites for hydroxylation is 1. The molecule has 0 unspecified atom stereocenters. The first-order valence-electron chi connectivity index (χ1n) is 13.7. The molecule has 0 aromatic heterocycles. The van der Waals surface area contributed by atoms with Crippen LogP contribution in [-0.4, -0.2) is 17.0 Å². The van der Waals surface area contributed by atoms with Gasteiger partial charge in [-0.1, -0.05) is 122 Å². The summed E-state index contributed by atoms with van der Waals surface area (Å²) in [6.45, 7) is 4.15. The molecule has 1 aromatic carbocycles. The van der Waals surface area contributed by atoms with Gasteiger partial charge >= 0.3 is 5.97 Å². The summed E-state index contributed by atoms with van der Waals surface area (Å²) < 4.78 is 0. The van der Waals surface area contributed by atoms with Crippen LogP contribution in [0, 0.1) is 6.92 Å². The normalized spacial score (nSPS) is 11.0. The number of carbonyl (C=O) groups excluding carboxylic acids is 1. The SMILES string of the molecule is CCCCCCCCCCCCCCCCCCCCC(=O)Nc1cc(C(=O)O)ccc1C. The molecule has 0 radical (unpaired) electrons. The van der Waals surface area contributed by atoms with Gasteiger partial charge in [0.2, 0.25) is 5.91 Å². The molecule has 0 atom stereocenters. The molecule has 0 aliphatic heterocycles.